The first kappa shape index (κ1) is 22.8. The topological polar surface area (TPSA) is 33.1 Å². The fourth-order valence-corrected chi connectivity index (χ4v) is 4.22. The molecule has 4 rings (SSSR count). The standard InChI is InChI=1S/C29H27F2NO/c1-18(2)28-25(16-20-6-4-19(3)5-7-20)27(21-8-12-23(30)13-9-21)26(17-33)29(32-28)22-10-14-24(31)15-11-22/h4-15,18,33H,16-17H2,1-3H3. The summed E-state index contributed by atoms with van der Waals surface area (Å²) in [6.07, 6.45) is 0.629. The Hall–Kier alpha value is -3.37. The van der Waals surface area contributed by atoms with Gasteiger partial charge < -0.3 is 5.11 Å². The average Bonchev–Trinajstić information content (AvgIpc) is 2.81. The predicted molar refractivity (Wildman–Crippen MR) is 129 cm³/mol. The minimum Gasteiger partial charge on any atom is -0.392 e. The first-order valence-electron chi connectivity index (χ1n) is 11.1. The maximum atomic E-state index is 13.8. The summed E-state index contributed by atoms with van der Waals surface area (Å²) in [4.78, 5) is 5.00. The van der Waals surface area contributed by atoms with Gasteiger partial charge in [0.15, 0.2) is 0 Å². The SMILES string of the molecule is Cc1ccc(Cc2c(C(C)C)nc(-c3ccc(F)cc3)c(CO)c2-c2ccc(F)cc2)cc1. The van der Waals surface area contributed by atoms with Crippen LogP contribution in [0.4, 0.5) is 8.78 Å². The molecule has 0 atom stereocenters. The average molecular weight is 444 g/mol. The molecule has 1 N–H and O–H groups in total. The largest absolute Gasteiger partial charge is 0.392 e. The van der Waals surface area contributed by atoms with Crippen molar-refractivity contribution in [1.29, 1.82) is 0 Å². The van der Waals surface area contributed by atoms with Gasteiger partial charge >= 0.3 is 0 Å². The molecule has 0 radical (unpaired) electrons. The van der Waals surface area contributed by atoms with Crippen LogP contribution < -0.4 is 0 Å². The van der Waals surface area contributed by atoms with Crippen molar-refractivity contribution in [3.05, 3.63) is 112 Å². The van der Waals surface area contributed by atoms with E-state index < -0.39 is 0 Å². The lowest BCUT2D eigenvalue weighted by Crippen LogP contribution is -2.10. The minimum absolute atomic E-state index is 0.108. The van der Waals surface area contributed by atoms with Crippen LogP contribution in [0, 0.1) is 18.6 Å². The van der Waals surface area contributed by atoms with Crippen molar-refractivity contribution in [2.24, 2.45) is 0 Å². The van der Waals surface area contributed by atoms with Gasteiger partial charge in [-0.25, -0.2) is 8.78 Å². The highest BCUT2D eigenvalue weighted by atomic mass is 19.1. The first-order valence-corrected chi connectivity index (χ1v) is 11.1. The molecule has 1 heterocycles. The lowest BCUT2D eigenvalue weighted by atomic mass is 9.85. The third kappa shape index (κ3) is 4.86. The molecule has 168 valence electrons. The van der Waals surface area contributed by atoms with Crippen molar-refractivity contribution in [1.82, 2.24) is 4.98 Å². The zero-order chi connectivity index (χ0) is 23.5. The van der Waals surface area contributed by atoms with E-state index in [0.29, 0.717) is 17.7 Å². The Bertz CT molecular complexity index is 1250. The lowest BCUT2D eigenvalue weighted by Gasteiger charge is -2.23. The maximum Gasteiger partial charge on any atom is 0.123 e. The number of aliphatic hydroxyl groups is 1. The van der Waals surface area contributed by atoms with E-state index in [1.807, 2.05) is 0 Å². The summed E-state index contributed by atoms with van der Waals surface area (Å²) in [5.74, 6) is -0.541. The van der Waals surface area contributed by atoms with Crippen LogP contribution in [0.2, 0.25) is 0 Å². The van der Waals surface area contributed by atoms with Gasteiger partial charge in [0.05, 0.1) is 12.3 Å². The van der Waals surface area contributed by atoms with E-state index in [1.54, 1.807) is 24.3 Å². The summed E-state index contributed by atoms with van der Waals surface area (Å²) < 4.78 is 27.4. The van der Waals surface area contributed by atoms with Crippen molar-refractivity contribution in [2.75, 3.05) is 0 Å². The summed E-state index contributed by atoms with van der Waals surface area (Å²) in [7, 11) is 0. The van der Waals surface area contributed by atoms with Gasteiger partial charge in [-0.05, 0) is 77.9 Å². The molecule has 0 unspecified atom stereocenters. The number of pyridine rings is 1. The molecule has 0 saturated carbocycles. The highest BCUT2D eigenvalue weighted by Gasteiger charge is 2.23. The Kier molecular flexibility index (Phi) is 6.66. The summed E-state index contributed by atoms with van der Waals surface area (Å²) >= 11 is 0. The fourth-order valence-electron chi connectivity index (χ4n) is 4.22. The fraction of sp³-hybridized carbons (Fsp3) is 0.207. The molecule has 4 aromatic rings. The molecule has 0 aliphatic heterocycles. The van der Waals surface area contributed by atoms with Crippen LogP contribution in [-0.2, 0) is 13.0 Å². The van der Waals surface area contributed by atoms with Crippen molar-refractivity contribution < 1.29 is 13.9 Å². The second-order valence-corrected chi connectivity index (χ2v) is 8.67. The highest BCUT2D eigenvalue weighted by molar-refractivity contribution is 5.80. The minimum atomic E-state index is -0.330. The molecule has 0 amide bonds. The van der Waals surface area contributed by atoms with Gasteiger partial charge in [-0.3, -0.25) is 4.98 Å². The van der Waals surface area contributed by atoms with E-state index in [-0.39, 0.29) is 24.2 Å². The zero-order valence-corrected chi connectivity index (χ0v) is 19.1. The summed E-state index contributed by atoms with van der Waals surface area (Å²) in [5.41, 5.74) is 7.90. The van der Waals surface area contributed by atoms with Gasteiger partial charge in [0.2, 0.25) is 0 Å². The van der Waals surface area contributed by atoms with Crippen molar-refractivity contribution >= 4 is 0 Å². The Labute approximate surface area is 193 Å². The Balaban J connectivity index is 2.03. The molecule has 1 aromatic heterocycles. The quantitative estimate of drug-likeness (QED) is 0.342. The number of rotatable bonds is 6. The Morgan fingerprint density at radius 1 is 0.758 bits per heavy atom. The van der Waals surface area contributed by atoms with E-state index in [1.165, 1.54) is 29.8 Å². The summed E-state index contributed by atoms with van der Waals surface area (Å²) in [6.45, 7) is 5.98. The number of aryl methyl sites for hydroxylation is 1. The van der Waals surface area contributed by atoms with Crippen molar-refractivity contribution in [3.8, 4) is 22.4 Å². The van der Waals surface area contributed by atoms with Crippen LogP contribution in [0.3, 0.4) is 0 Å². The Morgan fingerprint density at radius 2 is 1.30 bits per heavy atom. The Morgan fingerprint density at radius 3 is 1.82 bits per heavy atom. The van der Waals surface area contributed by atoms with Gasteiger partial charge in [-0.2, -0.15) is 0 Å². The number of hydrogen-bond donors (Lipinski definition) is 1. The van der Waals surface area contributed by atoms with Gasteiger partial charge in [-0.1, -0.05) is 55.8 Å². The third-order valence-corrected chi connectivity index (χ3v) is 5.89. The normalized spacial score (nSPS) is 11.2. The molecule has 3 aromatic carbocycles. The molecule has 33 heavy (non-hydrogen) atoms. The molecular formula is C29H27F2NO. The third-order valence-electron chi connectivity index (χ3n) is 5.89. The van der Waals surface area contributed by atoms with Gasteiger partial charge in [0.1, 0.15) is 11.6 Å². The number of nitrogens with zero attached hydrogens (tertiary/aromatic N) is 1. The molecule has 0 aliphatic carbocycles. The molecule has 0 spiro atoms. The van der Waals surface area contributed by atoms with E-state index in [9.17, 15) is 13.9 Å². The monoisotopic (exact) mass is 443 g/mol. The molecule has 2 nitrogen and oxygen atoms in total. The van der Waals surface area contributed by atoms with Gasteiger partial charge in [0, 0.05) is 16.8 Å². The van der Waals surface area contributed by atoms with Crippen molar-refractivity contribution in [3.63, 3.8) is 0 Å². The summed E-state index contributed by atoms with van der Waals surface area (Å²) in [6, 6.07) is 20.8. The first-order chi connectivity index (χ1) is 15.9. The predicted octanol–water partition coefficient (Wildman–Crippen LogP) is 7.21. The van der Waals surface area contributed by atoms with Crippen LogP contribution in [0.15, 0.2) is 72.8 Å². The number of aliphatic hydroxyl groups excluding tert-OH is 1. The van der Waals surface area contributed by atoms with Crippen molar-refractivity contribution in [2.45, 2.75) is 39.7 Å². The molecule has 0 saturated heterocycles. The van der Waals surface area contributed by atoms with Crippen LogP contribution in [0.1, 0.15) is 47.7 Å². The molecule has 0 fully saturated rings. The smallest absolute Gasteiger partial charge is 0.123 e. The zero-order valence-electron chi connectivity index (χ0n) is 19.1. The summed E-state index contributed by atoms with van der Waals surface area (Å²) in [5, 5.41) is 10.5. The van der Waals surface area contributed by atoms with Gasteiger partial charge in [0.25, 0.3) is 0 Å². The van der Waals surface area contributed by atoms with Crippen LogP contribution in [-0.4, -0.2) is 10.1 Å². The number of halogens is 2. The molecular weight excluding hydrogens is 416 g/mol. The number of hydrogen-bond acceptors (Lipinski definition) is 2. The molecule has 4 heteroatoms. The van der Waals surface area contributed by atoms with Crippen LogP contribution in [0.5, 0.6) is 0 Å². The van der Waals surface area contributed by atoms with Gasteiger partial charge in [-0.15, -0.1) is 0 Å². The van der Waals surface area contributed by atoms with E-state index in [2.05, 4.69) is 45.0 Å². The number of benzene rings is 3. The lowest BCUT2D eigenvalue weighted by molar-refractivity contribution is 0.282. The van der Waals surface area contributed by atoms with E-state index in [0.717, 1.165) is 33.5 Å². The molecule has 0 aliphatic rings. The second kappa shape index (κ2) is 9.63. The number of aromatic nitrogens is 1. The van der Waals surface area contributed by atoms with Crippen LogP contribution in [0.25, 0.3) is 22.4 Å². The molecule has 0 bridgehead atoms. The van der Waals surface area contributed by atoms with E-state index in [4.69, 9.17) is 4.98 Å². The maximum absolute atomic E-state index is 13.8. The highest BCUT2D eigenvalue weighted by Crippen LogP contribution is 2.39. The second-order valence-electron chi connectivity index (χ2n) is 8.67. The van der Waals surface area contributed by atoms with E-state index >= 15 is 0 Å². The van der Waals surface area contributed by atoms with Crippen LogP contribution >= 0.6 is 0 Å².